The first kappa shape index (κ1) is 11.6. The molecule has 0 bridgehead atoms. The van der Waals surface area contributed by atoms with Crippen molar-refractivity contribution in [3.8, 4) is 16.3 Å². The summed E-state index contributed by atoms with van der Waals surface area (Å²) in [6.07, 6.45) is 1.38. The molecular formula is C12H11NO3S. The summed E-state index contributed by atoms with van der Waals surface area (Å²) in [4.78, 5) is 15.1. The van der Waals surface area contributed by atoms with Crippen LogP contribution in [0.1, 0.15) is 15.2 Å². The molecule has 1 aromatic heterocycles. The highest BCUT2D eigenvalue weighted by atomic mass is 32.1. The zero-order valence-corrected chi connectivity index (χ0v) is 10.2. The van der Waals surface area contributed by atoms with Crippen molar-refractivity contribution in [2.24, 2.45) is 0 Å². The molecule has 0 atom stereocenters. The second kappa shape index (κ2) is 4.55. The summed E-state index contributed by atoms with van der Waals surface area (Å²) in [5, 5.41) is 9.53. The van der Waals surface area contributed by atoms with Crippen LogP contribution in [0.3, 0.4) is 0 Å². The standard InChI is InChI=1S/C12H11NO3S/c1-7-5-8(3-4-9(7)16-2)11-13-6-10(17-11)12(14)15/h3-6H,1-2H3,(H,14,15). The molecule has 5 heteroatoms. The molecular weight excluding hydrogens is 238 g/mol. The van der Waals surface area contributed by atoms with Crippen molar-refractivity contribution in [1.82, 2.24) is 4.98 Å². The van der Waals surface area contributed by atoms with Crippen molar-refractivity contribution in [2.45, 2.75) is 6.92 Å². The van der Waals surface area contributed by atoms with E-state index in [4.69, 9.17) is 9.84 Å². The molecule has 4 nitrogen and oxygen atoms in total. The van der Waals surface area contributed by atoms with Crippen LogP contribution in [-0.4, -0.2) is 23.2 Å². The number of benzene rings is 1. The predicted molar refractivity (Wildman–Crippen MR) is 65.8 cm³/mol. The van der Waals surface area contributed by atoms with E-state index < -0.39 is 5.97 Å². The SMILES string of the molecule is COc1ccc(-c2ncc(C(=O)O)s2)cc1C. The highest BCUT2D eigenvalue weighted by molar-refractivity contribution is 7.16. The molecule has 1 aromatic carbocycles. The molecule has 1 N–H and O–H groups in total. The van der Waals surface area contributed by atoms with Gasteiger partial charge in [-0.1, -0.05) is 0 Å². The number of hydrogen-bond donors (Lipinski definition) is 1. The van der Waals surface area contributed by atoms with Gasteiger partial charge in [-0.2, -0.15) is 0 Å². The second-order valence-electron chi connectivity index (χ2n) is 3.52. The zero-order chi connectivity index (χ0) is 12.4. The van der Waals surface area contributed by atoms with Gasteiger partial charge in [-0.25, -0.2) is 9.78 Å². The zero-order valence-electron chi connectivity index (χ0n) is 9.43. The van der Waals surface area contributed by atoms with Gasteiger partial charge >= 0.3 is 5.97 Å². The Labute approximate surface area is 103 Å². The molecule has 0 saturated carbocycles. The first-order valence-electron chi connectivity index (χ1n) is 4.96. The number of hydrogen-bond acceptors (Lipinski definition) is 4. The summed E-state index contributed by atoms with van der Waals surface area (Å²) in [5.74, 6) is -0.136. The van der Waals surface area contributed by atoms with Crippen molar-refractivity contribution in [2.75, 3.05) is 7.11 Å². The van der Waals surface area contributed by atoms with Crippen LogP contribution in [0.2, 0.25) is 0 Å². The van der Waals surface area contributed by atoms with Crippen LogP contribution in [0.15, 0.2) is 24.4 Å². The van der Waals surface area contributed by atoms with E-state index >= 15 is 0 Å². The molecule has 0 aliphatic heterocycles. The highest BCUT2D eigenvalue weighted by Crippen LogP contribution is 2.29. The Morgan fingerprint density at radius 1 is 1.47 bits per heavy atom. The minimum atomic E-state index is -0.945. The van der Waals surface area contributed by atoms with E-state index in [1.165, 1.54) is 6.20 Å². The van der Waals surface area contributed by atoms with Crippen molar-refractivity contribution in [1.29, 1.82) is 0 Å². The van der Waals surface area contributed by atoms with Crippen LogP contribution < -0.4 is 4.74 Å². The summed E-state index contributed by atoms with van der Waals surface area (Å²) in [6, 6.07) is 5.66. The van der Waals surface area contributed by atoms with Crippen LogP contribution in [0.4, 0.5) is 0 Å². The topological polar surface area (TPSA) is 59.4 Å². The van der Waals surface area contributed by atoms with Gasteiger partial charge in [0.2, 0.25) is 0 Å². The molecule has 17 heavy (non-hydrogen) atoms. The monoisotopic (exact) mass is 249 g/mol. The summed E-state index contributed by atoms with van der Waals surface area (Å²) in [5.41, 5.74) is 1.90. The van der Waals surface area contributed by atoms with Gasteiger partial charge < -0.3 is 9.84 Å². The molecule has 0 unspecified atom stereocenters. The molecule has 0 saturated heterocycles. The normalized spacial score (nSPS) is 10.2. The Morgan fingerprint density at radius 2 is 2.24 bits per heavy atom. The maximum Gasteiger partial charge on any atom is 0.347 e. The number of aromatic carboxylic acids is 1. The van der Waals surface area contributed by atoms with E-state index in [0.717, 1.165) is 28.2 Å². The lowest BCUT2D eigenvalue weighted by Gasteiger charge is -2.05. The summed E-state index contributed by atoms with van der Waals surface area (Å²) >= 11 is 1.16. The Balaban J connectivity index is 2.39. The molecule has 0 fully saturated rings. The number of carboxylic acid groups (broad SMARTS) is 1. The number of carboxylic acids is 1. The first-order chi connectivity index (χ1) is 8.11. The van der Waals surface area contributed by atoms with Gasteiger partial charge in [0.1, 0.15) is 15.6 Å². The number of rotatable bonds is 3. The number of thiazole rings is 1. The molecule has 2 aromatic rings. The maximum absolute atomic E-state index is 10.8. The van der Waals surface area contributed by atoms with E-state index in [-0.39, 0.29) is 4.88 Å². The van der Waals surface area contributed by atoms with Crippen LogP contribution in [0.25, 0.3) is 10.6 Å². The van der Waals surface area contributed by atoms with Gasteiger partial charge in [0.15, 0.2) is 0 Å². The van der Waals surface area contributed by atoms with Gasteiger partial charge in [-0.05, 0) is 30.7 Å². The van der Waals surface area contributed by atoms with Crippen molar-refractivity contribution >= 4 is 17.3 Å². The third-order valence-electron chi connectivity index (χ3n) is 2.36. The third-order valence-corrected chi connectivity index (χ3v) is 3.39. The Hall–Kier alpha value is -1.88. The lowest BCUT2D eigenvalue weighted by atomic mass is 10.1. The van der Waals surface area contributed by atoms with E-state index in [1.54, 1.807) is 7.11 Å². The fourth-order valence-electron chi connectivity index (χ4n) is 1.52. The number of carbonyl (C=O) groups is 1. The van der Waals surface area contributed by atoms with Gasteiger partial charge in [-0.3, -0.25) is 0 Å². The van der Waals surface area contributed by atoms with E-state index in [0.29, 0.717) is 5.01 Å². The molecule has 2 rings (SSSR count). The highest BCUT2D eigenvalue weighted by Gasteiger charge is 2.10. The maximum atomic E-state index is 10.8. The number of ether oxygens (including phenoxy) is 1. The Bertz CT molecular complexity index is 563. The van der Waals surface area contributed by atoms with Crippen LogP contribution in [0.5, 0.6) is 5.75 Å². The van der Waals surface area contributed by atoms with Gasteiger partial charge in [0.25, 0.3) is 0 Å². The average molecular weight is 249 g/mol. The molecule has 1 heterocycles. The molecule has 0 radical (unpaired) electrons. The quantitative estimate of drug-likeness (QED) is 0.908. The third kappa shape index (κ3) is 2.29. The second-order valence-corrected chi connectivity index (χ2v) is 4.55. The van der Waals surface area contributed by atoms with Crippen LogP contribution in [-0.2, 0) is 0 Å². The summed E-state index contributed by atoms with van der Waals surface area (Å²) in [7, 11) is 1.62. The van der Waals surface area contributed by atoms with Gasteiger partial charge in [0.05, 0.1) is 13.3 Å². The predicted octanol–water partition coefficient (Wildman–Crippen LogP) is 2.83. The van der Waals surface area contributed by atoms with Crippen LogP contribution in [0, 0.1) is 6.92 Å². The van der Waals surface area contributed by atoms with Crippen LogP contribution >= 0.6 is 11.3 Å². The smallest absolute Gasteiger partial charge is 0.347 e. The van der Waals surface area contributed by atoms with E-state index in [2.05, 4.69) is 4.98 Å². The number of aromatic nitrogens is 1. The number of nitrogens with zero attached hydrogens (tertiary/aromatic N) is 1. The van der Waals surface area contributed by atoms with Crippen molar-refractivity contribution in [3.63, 3.8) is 0 Å². The average Bonchev–Trinajstić information content (AvgIpc) is 2.78. The fraction of sp³-hybridized carbons (Fsp3) is 0.167. The summed E-state index contributed by atoms with van der Waals surface area (Å²) < 4.78 is 5.17. The first-order valence-corrected chi connectivity index (χ1v) is 5.77. The fourth-order valence-corrected chi connectivity index (χ4v) is 2.27. The van der Waals surface area contributed by atoms with E-state index in [9.17, 15) is 4.79 Å². The Morgan fingerprint density at radius 3 is 2.76 bits per heavy atom. The largest absolute Gasteiger partial charge is 0.496 e. The Kier molecular flexibility index (Phi) is 3.10. The van der Waals surface area contributed by atoms with Gasteiger partial charge in [0, 0.05) is 5.56 Å². The minimum absolute atomic E-state index is 0.244. The van der Waals surface area contributed by atoms with Gasteiger partial charge in [-0.15, -0.1) is 11.3 Å². The number of aryl methyl sites for hydroxylation is 1. The van der Waals surface area contributed by atoms with Crippen molar-refractivity contribution in [3.05, 3.63) is 34.8 Å². The molecule has 0 amide bonds. The lowest BCUT2D eigenvalue weighted by Crippen LogP contribution is -1.89. The lowest BCUT2D eigenvalue weighted by molar-refractivity contribution is 0.0702. The van der Waals surface area contributed by atoms with E-state index in [1.807, 2.05) is 25.1 Å². The molecule has 0 aliphatic rings. The number of methoxy groups -OCH3 is 1. The molecule has 88 valence electrons. The van der Waals surface area contributed by atoms with Crippen molar-refractivity contribution < 1.29 is 14.6 Å². The summed E-state index contributed by atoms with van der Waals surface area (Å²) in [6.45, 7) is 1.94. The minimum Gasteiger partial charge on any atom is -0.496 e. The molecule has 0 aliphatic carbocycles. The molecule has 0 spiro atoms.